The molecule has 14 heavy (non-hydrogen) atoms. The number of hydrogen-bond acceptors (Lipinski definition) is 4. The number of fused-ring (bicyclic) bond motifs is 1. The zero-order chi connectivity index (χ0) is 9.76. The minimum atomic E-state index is -0.145. The molecule has 0 radical (unpaired) electrons. The summed E-state index contributed by atoms with van der Waals surface area (Å²) < 4.78 is 5.29. The van der Waals surface area contributed by atoms with E-state index in [1.807, 2.05) is 13.0 Å². The highest BCUT2D eigenvalue weighted by molar-refractivity contribution is 5.69. The maximum Gasteiger partial charge on any atom is 0.246 e. The smallest absolute Gasteiger partial charge is 0.246 e. The van der Waals surface area contributed by atoms with Crippen molar-refractivity contribution < 1.29 is 4.42 Å². The van der Waals surface area contributed by atoms with E-state index in [2.05, 4.69) is 9.97 Å². The molecule has 0 atom stereocenters. The summed E-state index contributed by atoms with van der Waals surface area (Å²) >= 11 is 0. The molecule has 4 nitrogen and oxygen atoms in total. The first-order valence-corrected chi connectivity index (χ1v) is 4.70. The Bertz CT molecular complexity index is 499. The van der Waals surface area contributed by atoms with Gasteiger partial charge in [-0.05, 0) is 24.5 Å². The van der Waals surface area contributed by atoms with Gasteiger partial charge in [0, 0.05) is 18.7 Å². The van der Waals surface area contributed by atoms with Gasteiger partial charge in [0.2, 0.25) is 5.71 Å². The molecule has 0 aromatic carbocycles. The van der Waals surface area contributed by atoms with E-state index in [9.17, 15) is 0 Å². The van der Waals surface area contributed by atoms with Crippen LogP contribution >= 0.6 is 0 Å². The molecule has 72 valence electrons. The number of aryl methyl sites for hydroxylation is 1. The van der Waals surface area contributed by atoms with Gasteiger partial charge in [0.15, 0.2) is 5.89 Å². The van der Waals surface area contributed by atoms with E-state index in [-0.39, 0.29) is 5.54 Å². The summed E-state index contributed by atoms with van der Waals surface area (Å²) in [4.78, 5) is 8.43. The predicted molar refractivity (Wildman–Crippen MR) is 51.6 cm³/mol. The number of nitrogens with two attached hydrogens (primary N) is 1. The minimum absolute atomic E-state index is 0.145. The standard InChI is InChI=1S/C10H11N3O/c1-6-13-8-4-7(10(11)2-3-10)5-12-9(8)14-6/h4-5H,2-3,11H2,1H3. The number of pyridine rings is 1. The zero-order valence-electron chi connectivity index (χ0n) is 7.95. The summed E-state index contributed by atoms with van der Waals surface area (Å²) in [5.41, 5.74) is 8.39. The zero-order valence-corrected chi connectivity index (χ0v) is 7.95. The van der Waals surface area contributed by atoms with Crippen LogP contribution in [0.25, 0.3) is 11.2 Å². The first-order valence-electron chi connectivity index (χ1n) is 4.70. The average molecular weight is 189 g/mol. The largest absolute Gasteiger partial charge is 0.423 e. The molecule has 2 aromatic heterocycles. The Labute approximate surface area is 81.1 Å². The molecule has 0 saturated heterocycles. The van der Waals surface area contributed by atoms with Crippen LogP contribution in [0.15, 0.2) is 16.7 Å². The van der Waals surface area contributed by atoms with Gasteiger partial charge in [-0.15, -0.1) is 0 Å². The van der Waals surface area contributed by atoms with Crippen molar-refractivity contribution in [3.63, 3.8) is 0 Å². The fourth-order valence-corrected chi connectivity index (χ4v) is 1.63. The number of rotatable bonds is 1. The molecule has 1 aliphatic rings. The van der Waals surface area contributed by atoms with Crippen molar-refractivity contribution in [1.29, 1.82) is 0 Å². The van der Waals surface area contributed by atoms with Crippen LogP contribution in [0.5, 0.6) is 0 Å². The summed E-state index contributed by atoms with van der Waals surface area (Å²) in [5, 5.41) is 0. The van der Waals surface area contributed by atoms with Crippen LogP contribution in [-0.4, -0.2) is 9.97 Å². The van der Waals surface area contributed by atoms with Gasteiger partial charge in [-0.3, -0.25) is 0 Å². The second-order valence-corrected chi connectivity index (χ2v) is 3.94. The molecule has 0 spiro atoms. The third-order valence-electron chi connectivity index (χ3n) is 2.72. The summed E-state index contributed by atoms with van der Waals surface area (Å²) in [6.07, 6.45) is 3.87. The summed E-state index contributed by atoms with van der Waals surface area (Å²) in [6.45, 7) is 1.82. The Balaban J connectivity index is 2.19. The van der Waals surface area contributed by atoms with Gasteiger partial charge in [0.25, 0.3) is 0 Å². The Morgan fingerprint density at radius 3 is 3.00 bits per heavy atom. The van der Waals surface area contributed by atoms with Crippen molar-refractivity contribution in [2.24, 2.45) is 5.73 Å². The monoisotopic (exact) mass is 189 g/mol. The van der Waals surface area contributed by atoms with Gasteiger partial charge < -0.3 is 10.2 Å². The SMILES string of the molecule is Cc1nc2cc(C3(N)CC3)cnc2o1. The van der Waals surface area contributed by atoms with E-state index < -0.39 is 0 Å². The van der Waals surface area contributed by atoms with Crippen LogP contribution in [0.4, 0.5) is 0 Å². The molecule has 1 saturated carbocycles. The van der Waals surface area contributed by atoms with Crippen LogP contribution in [-0.2, 0) is 5.54 Å². The van der Waals surface area contributed by atoms with Gasteiger partial charge in [-0.2, -0.15) is 0 Å². The van der Waals surface area contributed by atoms with E-state index in [0.717, 1.165) is 23.9 Å². The lowest BCUT2D eigenvalue weighted by molar-refractivity contribution is 0.551. The molecule has 4 heteroatoms. The fourth-order valence-electron chi connectivity index (χ4n) is 1.63. The molecule has 2 aromatic rings. The molecule has 2 heterocycles. The lowest BCUT2D eigenvalue weighted by Crippen LogP contribution is -2.18. The second kappa shape index (κ2) is 2.33. The van der Waals surface area contributed by atoms with Gasteiger partial charge in [-0.1, -0.05) is 0 Å². The topological polar surface area (TPSA) is 64.9 Å². The maximum absolute atomic E-state index is 6.07. The number of aromatic nitrogens is 2. The number of oxazole rings is 1. The minimum Gasteiger partial charge on any atom is -0.423 e. The normalized spacial score (nSPS) is 18.7. The predicted octanol–water partition coefficient (Wildman–Crippen LogP) is 1.48. The van der Waals surface area contributed by atoms with E-state index >= 15 is 0 Å². The van der Waals surface area contributed by atoms with Crippen molar-refractivity contribution in [2.75, 3.05) is 0 Å². The van der Waals surface area contributed by atoms with Gasteiger partial charge in [-0.25, -0.2) is 9.97 Å². The lowest BCUT2D eigenvalue weighted by atomic mass is 10.1. The average Bonchev–Trinajstić information content (AvgIpc) is 2.79. The number of nitrogens with zero attached hydrogens (tertiary/aromatic N) is 2. The van der Waals surface area contributed by atoms with Crippen molar-refractivity contribution in [2.45, 2.75) is 25.3 Å². The molecule has 1 fully saturated rings. The molecule has 3 rings (SSSR count). The molecule has 0 unspecified atom stereocenters. The summed E-state index contributed by atoms with van der Waals surface area (Å²) in [6, 6.07) is 1.98. The Kier molecular flexibility index (Phi) is 1.32. The van der Waals surface area contributed by atoms with Crippen LogP contribution < -0.4 is 5.73 Å². The summed E-state index contributed by atoms with van der Waals surface area (Å²) in [5.74, 6) is 0.645. The third-order valence-corrected chi connectivity index (χ3v) is 2.72. The second-order valence-electron chi connectivity index (χ2n) is 3.94. The van der Waals surface area contributed by atoms with E-state index in [0.29, 0.717) is 11.6 Å². The van der Waals surface area contributed by atoms with Crippen LogP contribution in [0, 0.1) is 6.92 Å². The fraction of sp³-hybridized carbons (Fsp3) is 0.400. The highest BCUT2D eigenvalue weighted by Gasteiger charge is 2.40. The molecule has 1 aliphatic carbocycles. The van der Waals surface area contributed by atoms with E-state index in [4.69, 9.17) is 10.2 Å². The van der Waals surface area contributed by atoms with E-state index in [1.54, 1.807) is 6.20 Å². The first-order chi connectivity index (χ1) is 6.67. The lowest BCUT2D eigenvalue weighted by Gasteiger charge is -2.06. The van der Waals surface area contributed by atoms with Gasteiger partial charge in [0.1, 0.15) is 5.52 Å². The van der Waals surface area contributed by atoms with Crippen molar-refractivity contribution in [1.82, 2.24) is 9.97 Å². The van der Waals surface area contributed by atoms with Crippen molar-refractivity contribution >= 4 is 11.2 Å². The first kappa shape index (κ1) is 7.94. The Morgan fingerprint density at radius 2 is 2.29 bits per heavy atom. The third kappa shape index (κ3) is 1.04. The molecular formula is C10H11N3O. The summed E-state index contributed by atoms with van der Waals surface area (Å²) in [7, 11) is 0. The number of hydrogen-bond donors (Lipinski definition) is 1. The van der Waals surface area contributed by atoms with Gasteiger partial charge in [0.05, 0.1) is 0 Å². The Morgan fingerprint density at radius 1 is 1.50 bits per heavy atom. The van der Waals surface area contributed by atoms with Crippen molar-refractivity contribution in [3.8, 4) is 0 Å². The molecule has 0 bridgehead atoms. The van der Waals surface area contributed by atoms with E-state index in [1.165, 1.54) is 0 Å². The molecular weight excluding hydrogens is 178 g/mol. The highest BCUT2D eigenvalue weighted by atomic mass is 16.4. The van der Waals surface area contributed by atoms with Gasteiger partial charge >= 0.3 is 0 Å². The highest BCUT2D eigenvalue weighted by Crippen LogP contribution is 2.42. The molecule has 0 aliphatic heterocycles. The van der Waals surface area contributed by atoms with Crippen LogP contribution in [0.1, 0.15) is 24.3 Å². The van der Waals surface area contributed by atoms with Crippen LogP contribution in [0.3, 0.4) is 0 Å². The molecule has 0 amide bonds. The van der Waals surface area contributed by atoms with Crippen LogP contribution in [0.2, 0.25) is 0 Å². The maximum atomic E-state index is 6.07. The molecule has 2 N–H and O–H groups in total. The Hall–Kier alpha value is -1.42. The van der Waals surface area contributed by atoms with Crippen molar-refractivity contribution in [3.05, 3.63) is 23.7 Å². The quantitative estimate of drug-likeness (QED) is 0.737.